The Bertz CT molecular complexity index is 479. The molecule has 14 heteroatoms. The summed E-state index contributed by atoms with van der Waals surface area (Å²) in [4.78, 5) is 0. The minimum Gasteiger partial charge on any atom is -0.726 e. The minimum atomic E-state index is -6.06. The highest BCUT2D eigenvalue weighted by Crippen LogP contribution is 2.47. The molecular weight excluding hydrogens is 418 g/mol. The molecule has 0 unspecified atom stereocenters. The van der Waals surface area contributed by atoms with Crippen molar-refractivity contribution in [3.8, 4) is 0 Å². The van der Waals surface area contributed by atoms with E-state index in [0.717, 1.165) is 0 Å². The summed E-state index contributed by atoms with van der Waals surface area (Å²) in [5.74, 6) is -17.3. The first-order valence-electron chi connectivity index (χ1n) is 7.63. The number of nitrogens with zero attached hydrogens (tertiary/aromatic N) is 1. The summed E-state index contributed by atoms with van der Waals surface area (Å²) in [6.07, 6.45) is -4.84. The highest BCUT2D eigenvalue weighted by molar-refractivity contribution is 7.79. The number of quaternary nitrogens is 1. The van der Waals surface area contributed by atoms with E-state index in [1.165, 1.54) is 30.7 Å². The van der Waals surface area contributed by atoms with Gasteiger partial charge in [-0.2, -0.15) is 26.3 Å². The third-order valence-corrected chi connectivity index (χ3v) is 3.93. The lowest BCUT2D eigenvalue weighted by Gasteiger charge is -2.34. The summed E-state index contributed by atoms with van der Waals surface area (Å²) in [5.41, 5.74) is 0. The van der Waals surface area contributed by atoms with Crippen molar-refractivity contribution >= 4 is 10.4 Å². The number of rotatable bonds is 7. The first kappa shape index (κ1) is 31.0. The second-order valence-corrected chi connectivity index (χ2v) is 6.28. The van der Waals surface area contributed by atoms with Gasteiger partial charge in [0, 0.05) is 6.92 Å². The molecule has 0 heterocycles. The molecule has 0 aliphatic heterocycles. The van der Waals surface area contributed by atoms with Gasteiger partial charge in [0.2, 0.25) is 10.4 Å². The molecule has 0 radical (unpaired) electrons. The monoisotopic (exact) mass is 443 g/mol. The molecule has 27 heavy (non-hydrogen) atoms. The zero-order valence-electron chi connectivity index (χ0n) is 15.5. The van der Waals surface area contributed by atoms with Crippen molar-refractivity contribution in [2.24, 2.45) is 0 Å². The molecule has 0 saturated carbocycles. The second kappa shape index (κ2) is 11.3. The van der Waals surface area contributed by atoms with Gasteiger partial charge in [-0.1, -0.05) is 0 Å². The van der Waals surface area contributed by atoms with Crippen molar-refractivity contribution in [1.82, 2.24) is 0 Å². The maximum absolute atomic E-state index is 12.0. The van der Waals surface area contributed by atoms with Crippen LogP contribution in [0.3, 0.4) is 0 Å². The van der Waals surface area contributed by atoms with Crippen molar-refractivity contribution in [3.05, 3.63) is 0 Å². The van der Waals surface area contributed by atoms with E-state index in [2.05, 4.69) is 27.7 Å². The predicted molar refractivity (Wildman–Crippen MR) is 81.3 cm³/mol. The molecule has 0 aliphatic carbocycles. The average molecular weight is 443 g/mol. The fourth-order valence-electron chi connectivity index (χ4n) is 1.77. The van der Waals surface area contributed by atoms with E-state index in [1.807, 2.05) is 0 Å². The molecule has 0 aromatic heterocycles. The SMILES string of the molecule is CC(F)(F)C(F)(F)C(F)(F)C(F)F.CC[N+](CC)(CC)CC.O=S(=O)([O-])O. The Morgan fingerprint density at radius 1 is 0.889 bits per heavy atom. The first-order chi connectivity index (χ1) is 11.7. The third-order valence-electron chi connectivity index (χ3n) is 3.93. The van der Waals surface area contributed by atoms with Crippen LogP contribution in [0.5, 0.6) is 0 Å². The summed E-state index contributed by atoms with van der Waals surface area (Å²) in [6.45, 7) is 13.7. The van der Waals surface area contributed by atoms with Crippen LogP contribution in [0.25, 0.3) is 0 Å². The van der Waals surface area contributed by atoms with E-state index in [9.17, 15) is 35.1 Å². The fourth-order valence-corrected chi connectivity index (χ4v) is 1.77. The van der Waals surface area contributed by atoms with Crippen molar-refractivity contribution < 1.29 is 57.1 Å². The average Bonchev–Trinajstić information content (AvgIpc) is 2.47. The lowest BCUT2D eigenvalue weighted by atomic mass is 10.1. The number of alkyl halides is 8. The minimum absolute atomic E-state index is 0.552. The van der Waals surface area contributed by atoms with Gasteiger partial charge in [-0.15, -0.1) is 0 Å². The highest BCUT2D eigenvalue weighted by Gasteiger charge is 2.73. The fraction of sp³-hybridized carbons (Fsp3) is 1.00. The Hall–Kier alpha value is -0.730. The summed E-state index contributed by atoms with van der Waals surface area (Å²) in [7, 11) is -4.92. The van der Waals surface area contributed by atoms with Crippen molar-refractivity contribution in [2.45, 2.75) is 58.8 Å². The number of hydrogen-bond acceptors (Lipinski definition) is 3. The van der Waals surface area contributed by atoms with Gasteiger partial charge >= 0.3 is 24.2 Å². The van der Waals surface area contributed by atoms with Crippen LogP contribution in [0.15, 0.2) is 0 Å². The molecule has 0 aliphatic rings. The van der Waals surface area contributed by atoms with Crippen LogP contribution in [-0.2, 0) is 10.4 Å². The lowest BCUT2D eigenvalue weighted by Crippen LogP contribution is -2.56. The van der Waals surface area contributed by atoms with E-state index in [0.29, 0.717) is 0 Å². The van der Waals surface area contributed by atoms with Crippen molar-refractivity contribution in [1.29, 1.82) is 0 Å². The van der Waals surface area contributed by atoms with E-state index >= 15 is 0 Å². The summed E-state index contributed by atoms with van der Waals surface area (Å²) in [6, 6.07) is 0. The van der Waals surface area contributed by atoms with E-state index in [-0.39, 0.29) is 0 Å². The van der Waals surface area contributed by atoms with Gasteiger partial charge in [-0.25, -0.2) is 17.2 Å². The lowest BCUT2D eigenvalue weighted by molar-refractivity contribution is -0.921. The maximum atomic E-state index is 12.0. The van der Waals surface area contributed by atoms with Crippen LogP contribution in [0.2, 0.25) is 0 Å². The molecule has 168 valence electrons. The summed E-state index contributed by atoms with van der Waals surface area (Å²) >= 11 is 0. The quantitative estimate of drug-likeness (QED) is 0.279. The van der Waals surface area contributed by atoms with Crippen molar-refractivity contribution in [2.75, 3.05) is 26.2 Å². The molecule has 0 amide bonds. The summed E-state index contributed by atoms with van der Waals surface area (Å²) in [5, 5.41) is 0. The zero-order chi connectivity index (χ0) is 22.9. The van der Waals surface area contributed by atoms with Crippen LogP contribution in [0, 0.1) is 0 Å². The van der Waals surface area contributed by atoms with Gasteiger partial charge in [-0.05, 0) is 27.7 Å². The molecule has 5 nitrogen and oxygen atoms in total. The zero-order valence-corrected chi connectivity index (χ0v) is 16.3. The Morgan fingerprint density at radius 2 is 1.11 bits per heavy atom. The van der Waals surface area contributed by atoms with Crippen LogP contribution in [-0.4, -0.2) is 72.4 Å². The Kier molecular flexibility index (Phi) is 13.0. The standard InChI is InChI=1S/C8H20N.C5H4F8.H2O4S/c1-5-9(6-2,7-3)8-4;1-3(8,9)5(12,13)4(10,11)2(6)7;1-5(2,3)4/h5-8H2,1-4H3;2H,1H3;(H2,1,2,3,4)/q+1;;/p-1. The highest BCUT2D eigenvalue weighted by atomic mass is 32.3. The van der Waals surface area contributed by atoms with Crippen molar-refractivity contribution in [3.63, 3.8) is 0 Å². The molecule has 0 aromatic carbocycles. The van der Waals surface area contributed by atoms with E-state index in [1.54, 1.807) is 0 Å². The maximum Gasteiger partial charge on any atom is 0.377 e. The Morgan fingerprint density at radius 3 is 1.15 bits per heavy atom. The summed E-state index contributed by atoms with van der Waals surface area (Å²) < 4.78 is 128. The first-order valence-corrected chi connectivity index (χ1v) is 9.00. The molecule has 0 atom stereocenters. The molecular formula is C13H25F8NO4S. The molecule has 0 fully saturated rings. The molecule has 1 N–H and O–H groups in total. The van der Waals surface area contributed by atoms with Gasteiger partial charge in [0.15, 0.2) is 0 Å². The van der Waals surface area contributed by atoms with Crippen LogP contribution >= 0.6 is 0 Å². The van der Waals surface area contributed by atoms with Crippen LogP contribution in [0.1, 0.15) is 34.6 Å². The molecule has 0 saturated heterocycles. The van der Waals surface area contributed by atoms with Gasteiger partial charge in [0.05, 0.1) is 26.2 Å². The predicted octanol–water partition coefficient (Wildman–Crippen LogP) is 4.06. The Labute approximate surface area is 153 Å². The number of halogens is 8. The normalized spacial score (nSPS) is 13.5. The van der Waals surface area contributed by atoms with E-state index < -0.39 is 41.5 Å². The van der Waals surface area contributed by atoms with E-state index in [4.69, 9.17) is 17.5 Å². The largest absolute Gasteiger partial charge is 0.726 e. The van der Waals surface area contributed by atoms with Gasteiger partial charge in [0.25, 0.3) is 0 Å². The second-order valence-electron chi connectivity index (χ2n) is 5.42. The topological polar surface area (TPSA) is 77.4 Å². The Balaban J connectivity index is -0.000000356. The van der Waals surface area contributed by atoms with Crippen LogP contribution in [0.4, 0.5) is 35.1 Å². The third kappa shape index (κ3) is 11.0. The molecule has 0 aromatic rings. The van der Waals surface area contributed by atoms with Gasteiger partial charge in [0.1, 0.15) is 0 Å². The smallest absolute Gasteiger partial charge is 0.377 e. The van der Waals surface area contributed by atoms with Gasteiger partial charge < -0.3 is 9.04 Å². The molecule has 0 bridgehead atoms. The number of hydrogen-bond donors (Lipinski definition) is 1. The van der Waals surface area contributed by atoms with Crippen LogP contribution < -0.4 is 0 Å². The van der Waals surface area contributed by atoms with Gasteiger partial charge in [-0.3, -0.25) is 4.55 Å². The molecule has 0 rings (SSSR count). The molecule has 0 spiro atoms.